The summed E-state index contributed by atoms with van der Waals surface area (Å²) in [4.78, 5) is 20.2. The number of halogens is 1. The minimum absolute atomic E-state index is 0.0135. The highest BCUT2D eigenvalue weighted by molar-refractivity contribution is 7.82. The summed E-state index contributed by atoms with van der Waals surface area (Å²) in [5.74, 6) is 0. The SMILES string of the molecule is O=[N+]([O-])c1cccc([N+](=O)[O-])c1CCOC(=S)Cl. The second kappa shape index (κ2) is 6.22. The van der Waals surface area contributed by atoms with E-state index in [2.05, 4.69) is 12.2 Å². The Balaban J connectivity index is 3.07. The maximum atomic E-state index is 10.8. The third-order valence-corrected chi connectivity index (χ3v) is 2.31. The van der Waals surface area contributed by atoms with Crippen LogP contribution in [0.3, 0.4) is 0 Å². The van der Waals surface area contributed by atoms with Crippen molar-refractivity contribution in [2.45, 2.75) is 6.42 Å². The summed E-state index contributed by atoms with van der Waals surface area (Å²) in [5, 5.41) is 21.6. The van der Waals surface area contributed by atoms with E-state index in [1.54, 1.807) is 0 Å². The van der Waals surface area contributed by atoms with Gasteiger partial charge in [-0.25, -0.2) is 0 Å². The first-order valence-electron chi connectivity index (χ1n) is 4.66. The molecule has 0 spiro atoms. The van der Waals surface area contributed by atoms with Gasteiger partial charge in [-0.1, -0.05) is 0 Å². The summed E-state index contributed by atoms with van der Waals surface area (Å²) >= 11 is 9.75. The number of nitro groups is 2. The molecule has 7 nitrogen and oxygen atoms in total. The maximum Gasteiger partial charge on any atom is 0.279 e. The molecule has 0 heterocycles. The molecule has 1 aromatic rings. The predicted molar refractivity (Wildman–Crippen MR) is 67.9 cm³/mol. The molecule has 0 radical (unpaired) electrons. The van der Waals surface area contributed by atoms with Crippen LogP contribution < -0.4 is 0 Å². The molecule has 0 fully saturated rings. The molecule has 9 heteroatoms. The quantitative estimate of drug-likeness (QED) is 0.358. The Morgan fingerprint density at radius 1 is 1.28 bits per heavy atom. The first-order valence-corrected chi connectivity index (χ1v) is 5.45. The molecule has 0 aliphatic carbocycles. The van der Waals surface area contributed by atoms with Gasteiger partial charge < -0.3 is 4.74 Å². The molecule has 0 bridgehead atoms. The average molecular weight is 291 g/mol. The largest absolute Gasteiger partial charge is 0.475 e. The first-order chi connectivity index (χ1) is 8.43. The molecule has 0 unspecified atom stereocenters. The normalized spacial score (nSPS) is 9.83. The van der Waals surface area contributed by atoms with E-state index in [0.29, 0.717) is 0 Å². The van der Waals surface area contributed by atoms with Crippen molar-refractivity contribution < 1.29 is 14.6 Å². The average Bonchev–Trinajstić information content (AvgIpc) is 2.28. The molecule has 18 heavy (non-hydrogen) atoms. The van der Waals surface area contributed by atoms with Crippen LogP contribution >= 0.6 is 23.8 Å². The van der Waals surface area contributed by atoms with Crippen LogP contribution in [-0.2, 0) is 11.2 Å². The second-order valence-corrected chi connectivity index (χ2v) is 4.06. The van der Waals surface area contributed by atoms with Crippen LogP contribution in [0.1, 0.15) is 5.56 Å². The van der Waals surface area contributed by atoms with Crippen LogP contribution in [0.15, 0.2) is 18.2 Å². The fraction of sp³-hybridized carbons (Fsp3) is 0.222. The van der Waals surface area contributed by atoms with E-state index in [4.69, 9.17) is 16.3 Å². The summed E-state index contributed by atoms with van der Waals surface area (Å²) in [7, 11) is 0. The van der Waals surface area contributed by atoms with Crippen LogP contribution in [0.2, 0.25) is 0 Å². The highest BCUT2D eigenvalue weighted by Gasteiger charge is 2.24. The van der Waals surface area contributed by atoms with Crippen LogP contribution in [0.4, 0.5) is 11.4 Å². The fourth-order valence-electron chi connectivity index (χ4n) is 1.39. The summed E-state index contributed by atoms with van der Waals surface area (Å²) in [6.45, 7) is -0.0615. The zero-order chi connectivity index (χ0) is 13.7. The number of rotatable bonds is 5. The zero-order valence-corrected chi connectivity index (χ0v) is 10.4. The van der Waals surface area contributed by atoms with Crippen LogP contribution in [0, 0.1) is 20.2 Å². The van der Waals surface area contributed by atoms with Crippen LogP contribution in [0.25, 0.3) is 0 Å². The lowest BCUT2D eigenvalue weighted by atomic mass is 10.1. The number of hydrogen-bond acceptors (Lipinski definition) is 6. The van der Waals surface area contributed by atoms with Crippen molar-refractivity contribution >= 4 is 39.7 Å². The van der Waals surface area contributed by atoms with Gasteiger partial charge in [-0.15, -0.1) is 0 Å². The van der Waals surface area contributed by atoms with Crippen LogP contribution in [-0.4, -0.2) is 21.0 Å². The Morgan fingerprint density at radius 2 is 1.78 bits per heavy atom. The molecule has 0 aromatic heterocycles. The minimum Gasteiger partial charge on any atom is -0.475 e. The van der Waals surface area contributed by atoms with Crippen molar-refractivity contribution in [1.82, 2.24) is 0 Å². The molecule has 0 aliphatic heterocycles. The maximum absolute atomic E-state index is 10.8. The van der Waals surface area contributed by atoms with E-state index in [-0.39, 0.29) is 34.5 Å². The Morgan fingerprint density at radius 3 is 2.17 bits per heavy atom. The van der Waals surface area contributed by atoms with Crippen molar-refractivity contribution in [3.8, 4) is 0 Å². The second-order valence-electron chi connectivity index (χ2n) is 3.13. The molecule has 1 aromatic carbocycles. The van der Waals surface area contributed by atoms with Gasteiger partial charge in [0.1, 0.15) is 5.56 Å². The summed E-state index contributed by atoms with van der Waals surface area (Å²) in [6.07, 6.45) is -0.0275. The first kappa shape index (κ1) is 14.3. The highest BCUT2D eigenvalue weighted by Crippen LogP contribution is 2.28. The lowest BCUT2D eigenvalue weighted by Gasteiger charge is -2.04. The number of thiocarbonyl (C=S) groups is 1. The summed E-state index contributed by atoms with van der Waals surface area (Å²) in [6, 6.07) is 3.65. The van der Waals surface area contributed by atoms with Gasteiger partial charge in [-0.3, -0.25) is 20.2 Å². The highest BCUT2D eigenvalue weighted by atomic mass is 35.5. The zero-order valence-electron chi connectivity index (χ0n) is 8.87. The predicted octanol–water partition coefficient (Wildman–Crippen LogP) is 2.59. The van der Waals surface area contributed by atoms with Crippen molar-refractivity contribution in [3.63, 3.8) is 0 Å². The lowest BCUT2D eigenvalue weighted by molar-refractivity contribution is -0.395. The van der Waals surface area contributed by atoms with Gasteiger partial charge in [0.05, 0.1) is 16.5 Å². The van der Waals surface area contributed by atoms with Crippen LogP contribution in [0.5, 0.6) is 0 Å². The van der Waals surface area contributed by atoms with Gasteiger partial charge in [0.15, 0.2) is 0 Å². The topological polar surface area (TPSA) is 95.5 Å². The number of nitrogens with zero attached hydrogens (tertiary/aromatic N) is 2. The van der Waals surface area contributed by atoms with Gasteiger partial charge in [-0.2, -0.15) is 0 Å². The van der Waals surface area contributed by atoms with E-state index < -0.39 is 9.85 Å². The molecule has 0 aliphatic rings. The standard InChI is InChI=1S/C9H7ClN2O5S/c10-9(18)17-5-4-6-7(11(13)14)2-1-3-8(6)12(15)16/h1-3H,4-5H2. The van der Waals surface area contributed by atoms with E-state index in [0.717, 1.165) is 0 Å². The third kappa shape index (κ3) is 3.60. The number of hydrogen-bond donors (Lipinski definition) is 0. The van der Waals surface area contributed by atoms with Gasteiger partial charge in [0, 0.05) is 18.6 Å². The van der Waals surface area contributed by atoms with Crippen molar-refractivity contribution in [3.05, 3.63) is 44.0 Å². The van der Waals surface area contributed by atoms with Gasteiger partial charge >= 0.3 is 0 Å². The number of benzene rings is 1. The molecule has 0 atom stereocenters. The molecule has 0 N–H and O–H groups in total. The van der Waals surface area contributed by atoms with Gasteiger partial charge in [-0.05, 0) is 29.9 Å². The smallest absolute Gasteiger partial charge is 0.279 e. The number of nitro benzene ring substituents is 2. The van der Waals surface area contributed by atoms with E-state index in [1.807, 2.05) is 0 Å². The fourth-order valence-corrected chi connectivity index (χ4v) is 1.55. The van der Waals surface area contributed by atoms with Gasteiger partial charge in [0.2, 0.25) is 0 Å². The minimum atomic E-state index is -0.679. The molecule has 1 rings (SSSR count). The molecule has 0 saturated heterocycles. The summed E-state index contributed by atoms with van der Waals surface area (Å²) < 4.78 is 4.53. The van der Waals surface area contributed by atoms with Crippen molar-refractivity contribution in [1.29, 1.82) is 0 Å². The summed E-state index contributed by atoms with van der Waals surface area (Å²) in [5.41, 5.74) is -0.665. The third-order valence-electron chi connectivity index (χ3n) is 2.09. The van der Waals surface area contributed by atoms with E-state index >= 15 is 0 Å². The van der Waals surface area contributed by atoms with Crippen molar-refractivity contribution in [2.75, 3.05) is 6.61 Å². The van der Waals surface area contributed by atoms with E-state index in [1.165, 1.54) is 18.2 Å². The molecule has 96 valence electrons. The molecule has 0 amide bonds. The van der Waals surface area contributed by atoms with Gasteiger partial charge in [0.25, 0.3) is 15.9 Å². The molecular weight excluding hydrogens is 284 g/mol. The van der Waals surface area contributed by atoms with Crippen molar-refractivity contribution in [2.24, 2.45) is 0 Å². The number of ether oxygens (including phenoxy) is 1. The van der Waals surface area contributed by atoms with E-state index in [9.17, 15) is 20.2 Å². The molecular formula is C9H7ClN2O5S. The Hall–Kier alpha value is -1.80. The Labute approximate surface area is 112 Å². The molecule has 0 saturated carbocycles. The Kier molecular flexibility index (Phi) is 4.93. The Bertz CT molecular complexity index is 475. The lowest BCUT2D eigenvalue weighted by Crippen LogP contribution is -2.06. The monoisotopic (exact) mass is 290 g/mol.